The number of piperidine rings is 2. The Labute approximate surface area is 249 Å². The molecule has 0 N–H and O–H groups in total. The van der Waals surface area contributed by atoms with Crippen LogP contribution in [0.4, 0.5) is 0 Å². The number of carbonyl (C=O) groups is 2. The summed E-state index contributed by atoms with van der Waals surface area (Å²) >= 11 is 0. The van der Waals surface area contributed by atoms with Gasteiger partial charge >= 0.3 is 5.97 Å². The van der Waals surface area contributed by atoms with Crippen molar-refractivity contribution in [2.45, 2.75) is 44.6 Å². The van der Waals surface area contributed by atoms with Gasteiger partial charge in [0.15, 0.2) is 0 Å². The summed E-state index contributed by atoms with van der Waals surface area (Å²) in [5, 5.41) is 0. The fourth-order valence-corrected chi connectivity index (χ4v) is 6.59. The number of carbonyl (C=O) groups excluding carboxylic acids is 2. The van der Waals surface area contributed by atoms with Crippen LogP contribution in [0.15, 0.2) is 72.8 Å². The number of ether oxygens (including phenoxy) is 3. The summed E-state index contributed by atoms with van der Waals surface area (Å²) in [6.07, 6.45) is 3.67. The molecule has 1 atom stereocenters. The van der Waals surface area contributed by atoms with Gasteiger partial charge in [-0.05, 0) is 92.2 Å². The summed E-state index contributed by atoms with van der Waals surface area (Å²) in [7, 11) is 3.39. The predicted octanol–water partition coefficient (Wildman–Crippen LogP) is 5.70. The second-order valence-corrected chi connectivity index (χ2v) is 11.4. The van der Waals surface area contributed by atoms with Crippen molar-refractivity contribution in [2.75, 3.05) is 47.0 Å². The highest BCUT2D eigenvalue weighted by Crippen LogP contribution is 2.42. The average molecular weight is 571 g/mol. The first-order valence-corrected chi connectivity index (χ1v) is 15.0. The summed E-state index contributed by atoms with van der Waals surface area (Å²) in [6.45, 7) is 5.85. The summed E-state index contributed by atoms with van der Waals surface area (Å²) in [5.41, 5.74) is 4.14. The van der Waals surface area contributed by atoms with E-state index in [-0.39, 0.29) is 23.2 Å². The number of nitrogens with zero attached hydrogens (tertiary/aromatic N) is 2. The van der Waals surface area contributed by atoms with Gasteiger partial charge in [-0.2, -0.15) is 0 Å². The fraction of sp³-hybridized carbons (Fsp3) is 0.429. The van der Waals surface area contributed by atoms with Crippen LogP contribution in [-0.4, -0.2) is 68.7 Å². The Morgan fingerprint density at radius 1 is 0.881 bits per heavy atom. The summed E-state index contributed by atoms with van der Waals surface area (Å²) in [6, 6.07) is 24.9. The maximum atomic E-state index is 13.5. The SMILES string of the molecule is CCOC(=O)C1CCCN(C(=O)c2cccc(CN3CCCC(c4ccc(OC)cc4)(c4ccc(OC)cc4)C3)c2)C1. The third kappa shape index (κ3) is 6.46. The number of hydrogen-bond acceptors (Lipinski definition) is 6. The molecule has 2 fully saturated rings. The van der Waals surface area contributed by atoms with E-state index in [0.717, 1.165) is 62.4 Å². The largest absolute Gasteiger partial charge is 0.497 e. The van der Waals surface area contributed by atoms with Gasteiger partial charge in [-0.3, -0.25) is 14.5 Å². The van der Waals surface area contributed by atoms with E-state index in [1.165, 1.54) is 11.1 Å². The van der Waals surface area contributed by atoms with Gasteiger partial charge in [-0.1, -0.05) is 36.4 Å². The van der Waals surface area contributed by atoms with E-state index in [1.54, 1.807) is 14.2 Å². The Kier molecular flexibility index (Phi) is 9.48. The molecule has 2 heterocycles. The monoisotopic (exact) mass is 570 g/mol. The van der Waals surface area contributed by atoms with E-state index in [9.17, 15) is 9.59 Å². The van der Waals surface area contributed by atoms with Crippen LogP contribution in [0.2, 0.25) is 0 Å². The second-order valence-electron chi connectivity index (χ2n) is 11.4. The molecule has 0 bridgehead atoms. The number of benzene rings is 3. The molecule has 0 aromatic heterocycles. The first kappa shape index (κ1) is 29.6. The quantitative estimate of drug-likeness (QED) is 0.308. The predicted molar refractivity (Wildman–Crippen MR) is 163 cm³/mol. The van der Waals surface area contributed by atoms with Crippen LogP contribution in [0.3, 0.4) is 0 Å². The van der Waals surface area contributed by atoms with Crippen LogP contribution in [-0.2, 0) is 21.5 Å². The minimum Gasteiger partial charge on any atom is -0.497 e. The fourth-order valence-electron chi connectivity index (χ4n) is 6.59. The lowest BCUT2D eigenvalue weighted by Crippen LogP contribution is -2.46. The lowest BCUT2D eigenvalue weighted by molar-refractivity contribution is -0.149. The molecule has 3 aromatic rings. The molecule has 2 saturated heterocycles. The molecule has 7 heteroatoms. The summed E-state index contributed by atoms with van der Waals surface area (Å²) in [5.74, 6) is 1.23. The number of rotatable bonds is 9. The van der Waals surface area contributed by atoms with E-state index in [4.69, 9.17) is 14.2 Å². The Balaban J connectivity index is 1.35. The zero-order chi connectivity index (χ0) is 29.5. The molecule has 2 aliphatic rings. The smallest absolute Gasteiger partial charge is 0.310 e. The molecule has 1 unspecified atom stereocenters. The van der Waals surface area contributed by atoms with Crippen LogP contribution in [0.1, 0.15) is 59.7 Å². The van der Waals surface area contributed by atoms with Gasteiger partial charge in [0.1, 0.15) is 11.5 Å². The van der Waals surface area contributed by atoms with Crippen LogP contribution in [0.5, 0.6) is 11.5 Å². The molecular weight excluding hydrogens is 528 g/mol. The number of esters is 1. The van der Waals surface area contributed by atoms with Crippen LogP contribution in [0, 0.1) is 5.92 Å². The normalized spacial score (nSPS) is 18.7. The highest BCUT2D eigenvalue weighted by Gasteiger charge is 2.39. The van der Waals surface area contributed by atoms with Gasteiger partial charge in [0.05, 0.1) is 26.7 Å². The van der Waals surface area contributed by atoms with E-state index in [2.05, 4.69) is 35.2 Å². The Hall–Kier alpha value is -3.84. The van der Waals surface area contributed by atoms with E-state index >= 15 is 0 Å². The summed E-state index contributed by atoms with van der Waals surface area (Å²) < 4.78 is 16.1. The Morgan fingerprint density at radius 3 is 2.17 bits per heavy atom. The van der Waals surface area contributed by atoms with Crippen molar-refractivity contribution in [2.24, 2.45) is 5.92 Å². The van der Waals surface area contributed by atoms with Crippen molar-refractivity contribution in [3.8, 4) is 11.5 Å². The van der Waals surface area contributed by atoms with Crippen molar-refractivity contribution in [3.63, 3.8) is 0 Å². The van der Waals surface area contributed by atoms with Crippen molar-refractivity contribution in [1.82, 2.24) is 9.80 Å². The van der Waals surface area contributed by atoms with E-state index < -0.39 is 0 Å². The highest BCUT2D eigenvalue weighted by molar-refractivity contribution is 5.94. The zero-order valence-corrected chi connectivity index (χ0v) is 25.0. The third-order valence-electron chi connectivity index (χ3n) is 8.77. The maximum absolute atomic E-state index is 13.5. The molecule has 5 rings (SSSR count). The number of hydrogen-bond donors (Lipinski definition) is 0. The minimum absolute atomic E-state index is 0.0182. The summed E-state index contributed by atoms with van der Waals surface area (Å²) in [4.78, 5) is 30.1. The molecule has 0 radical (unpaired) electrons. The Morgan fingerprint density at radius 2 is 1.55 bits per heavy atom. The van der Waals surface area contributed by atoms with Crippen LogP contribution in [0.25, 0.3) is 0 Å². The van der Waals surface area contributed by atoms with Gasteiger partial charge in [-0.15, -0.1) is 0 Å². The maximum Gasteiger partial charge on any atom is 0.310 e. The molecule has 42 heavy (non-hydrogen) atoms. The standard InChI is InChI=1S/C35H42N2O5/c1-4-42-34(39)28-10-6-21-37(24-28)33(38)27-9-5-8-26(22-27)23-36-20-7-19-35(25-36,29-11-15-31(40-2)16-12-29)30-13-17-32(41-3)18-14-30/h5,8-9,11-18,22,28H,4,6-7,10,19-21,23-25H2,1-3H3. The van der Waals surface area contributed by atoms with Crippen LogP contribution >= 0.6 is 0 Å². The van der Waals surface area contributed by atoms with E-state index in [1.807, 2.05) is 54.3 Å². The van der Waals surface area contributed by atoms with Crippen molar-refractivity contribution in [1.29, 1.82) is 0 Å². The zero-order valence-electron chi connectivity index (χ0n) is 25.0. The first-order valence-electron chi connectivity index (χ1n) is 15.0. The van der Waals surface area contributed by atoms with Gasteiger partial charge < -0.3 is 19.1 Å². The van der Waals surface area contributed by atoms with Crippen molar-refractivity contribution in [3.05, 3.63) is 95.1 Å². The lowest BCUT2D eigenvalue weighted by atomic mass is 9.69. The number of methoxy groups -OCH3 is 2. The van der Waals surface area contributed by atoms with E-state index in [0.29, 0.717) is 25.3 Å². The minimum atomic E-state index is -0.247. The number of amides is 1. The van der Waals surface area contributed by atoms with Gasteiger partial charge in [0.25, 0.3) is 5.91 Å². The van der Waals surface area contributed by atoms with Crippen molar-refractivity contribution >= 4 is 11.9 Å². The van der Waals surface area contributed by atoms with Gasteiger partial charge in [0, 0.05) is 37.2 Å². The second kappa shape index (κ2) is 13.4. The molecule has 3 aromatic carbocycles. The van der Waals surface area contributed by atoms with Crippen molar-refractivity contribution < 1.29 is 23.8 Å². The average Bonchev–Trinajstić information content (AvgIpc) is 3.05. The highest BCUT2D eigenvalue weighted by atomic mass is 16.5. The first-order chi connectivity index (χ1) is 20.5. The van der Waals surface area contributed by atoms with Gasteiger partial charge in [-0.25, -0.2) is 0 Å². The lowest BCUT2D eigenvalue weighted by Gasteiger charge is -2.44. The molecule has 2 aliphatic heterocycles. The molecule has 0 spiro atoms. The third-order valence-corrected chi connectivity index (χ3v) is 8.77. The topological polar surface area (TPSA) is 68.3 Å². The molecular formula is C35H42N2O5. The molecule has 1 amide bonds. The molecule has 222 valence electrons. The molecule has 7 nitrogen and oxygen atoms in total. The van der Waals surface area contributed by atoms with Crippen LogP contribution < -0.4 is 9.47 Å². The number of likely N-dealkylation sites (tertiary alicyclic amines) is 2. The molecule has 0 saturated carbocycles. The Bertz CT molecular complexity index is 1310. The van der Waals surface area contributed by atoms with Gasteiger partial charge in [0.2, 0.25) is 0 Å². The molecule has 0 aliphatic carbocycles.